The molecule has 0 N–H and O–H groups in total. The van der Waals surface area contributed by atoms with Gasteiger partial charge in [-0.15, -0.1) is 0 Å². The summed E-state index contributed by atoms with van der Waals surface area (Å²) >= 11 is 0. The van der Waals surface area contributed by atoms with Crippen molar-refractivity contribution in [2.24, 2.45) is 0 Å². The Hall–Kier alpha value is -2.62. The van der Waals surface area contributed by atoms with E-state index in [1.54, 1.807) is 12.1 Å². The molecule has 1 atom stereocenters. The summed E-state index contributed by atoms with van der Waals surface area (Å²) in [5.74, 6) is 1.46. The summed E-state index contributed by atoms with van der Waals surface area (Å²) in [6, 6.07) is 17.4. The molecule has 0 saturated carbocycles. The number of pyridine rings is 1. The highest BCUT2D eigenvalue weighted by Crippen LogP contribution is 2.30. The Morgan fingerprint density at radius 2 is 1.96 bits per heavy atom. The second-order valence-electron chi connectivity index (χ2n) is 7.13. The van der Waals surface area contributed by atoms with Gasteiger partial charge in [-0.3, -0.25) is 0 Å². The molecular formula is C23H25FN2O. The molecule has 3 aromatic rings. The van der Waals surface area contributed by atoms with E-state index < -0.39 is 0 Å². The maximum atomic E-state index is 13.9. The van der Waals surface area contributed by atoms with E-state index in [0.717, 1.165) is 29.7 Å². The van der Waals surface area contributed by atoms with E-state index in [2.05, 4.69) is 24.0 Å². The number of nitrogens with zero attached hydrogens (tertiary/aromatic N) is 2. The zero-order valence-corrected chi connectivity index (χ0v) is 15.7. The fraction of sp³-hybridized carbons (Fsp3) is 0.348. The lowest BCUT2D eigenvalue weighted by molar-refractivity contribution is 0.303. The zero-order chi connectivity index (χ0) is 18.6. The largest absolute Gasteiger partial charge is 0.487 e. The van der Waals surface area contributed by atoms with E-state index in [1.165, 1.54) is 25.3 Å². The number of halogens is 1. The van der Waals surface area contributed by atoms with Crippen molar-refractivity contribution in [1.29, 1.82) is 0 Å². The average Bonchev–Trinajstić information content (AvgIpc) is 2.72. The number of ether oxygens (including phenoxy) is 1. The molecule has 2 aromatic carbocycles. The van der Waals surface area contributed by atoms with Crippen LogP contribution in [-0.2, 0) is 6.61 Å². The number of fused-ring (bicyclic) bond motifs is 1. The molecule has 27 heavy (non-hydrogen) atoms. The molecule has 0 radical (unpaired) electrons. The molecule has 1 aliphatic heterocycles. The standard InChI is InChI=1S/C23H25FN2O/c1-2-19-10-5-6-15-26(19)22-14-13-17-9-7-12-21(23(17)25-22)27-16-18-8-3-4-11-20(18)24/h3-4,7-9,11-14,19H,2,5-6,10,15-16H2,1H3. The van der Waals surface area contributed by atoms with Gasteiger partial charge in [0.25, 0.3) is 0 Å². The number of rotatable bonds is 5. The maximum Gasteiger partial charge on any atom is 0.146 e. The van der Waals surface area contributed by atoms with Crippen LogP contribution in [0.3, 0.4) is 0 Å². The lowest BCUT2D eigenvalue weighted by atomic mass is 10.00. The highest BCUT2D eigenvalue weighted by atomic mass is 19.1. The molecule has 1 aliphatic rings. The van der Waals surface area contributed by atoms with Crippen molar-refractivity contribution in [3.8, 4) is 5.75 Å². The Bertz CT molecular complexity index is 927. The number of para-hydroxylation sites is 1. The average molecular weight is 364 g/mol. The minimum Gasteiger partial charge on any atom is -0.487 e. The Balaban J connectivity index is 1.64. The Morgan fingerprint density at radius 3 is 2.81 bits per heavy atom. The van der Waals surface area contributed by atoms with Crippen molar-refractivity contribution in [3.05, 3.63) is 66.0 Å². The summed E-state index contributed by atoms with van der Waals surface area (Å²) in [5, 5.41) is 1.04. The first-order chi connectivity index (χ1) is 13.3. The van der Waals surface area contributed by atoms with E-state index >= 15 is 0 Å². The summed E-state index contributed by atoms with van der Waals surface area (Å²) < 4.78 is 19.9. The molecule has 140 valence electrons. The first-order valence-electron chi connectivity index (χ1n) is 9.79. The minimum absolute atomic E-state index is 0.193. The van der Waals surface area contributed by atoms with Crippen molar-refractivity contribution in [2.75, 3.05) is 11.4 Å². The number of piperidine rings is 1. The van der Waals surface area contributed by atoms with Crippen LogP contribution >= 0.6 is 0 Å². The van der Waals surface area contributed by atoms with Crippen molar-refractivity contribution in [3.63, 3.8) is 0 Å². The molecule has 1 fully saturated rings. The van der Waals surface area contributed by atoms with E-state index in [9.17, 15) is 4.39 Å². The summed E-state index contributed by atoms with van der Waals surface area (Å²) in [6.07, 6.45) is 4.86. The quantitative estimate of drug-likeness (QED) is 0.579. The van der Waals surface area contributed by atoms with Crippen molar-refractivity contribution in [1.82, 2.24) is 4.98 Å². The van der Waals surface area contributed by atoms with Gasteiger partial charge in [0.2, 0.25) is 0 Å². The van der Waals surface area contributed by atoms with Gasteiger partial charge in [-0.2, -0.15) is 0 Å². The van der Waals surface area contributed by atoms with Gasteiger partial charge in [-0.05, 0) is 49.9 Å². The molecule has 0 aliphatic carbocycles. The number of hydrogen-bond acceptors (Lipinski definition) is 3. The molecule has 4 rings (SSSR count). The number of hydrogen-bond donors (Lipinski definition) is 0. The van der Waals surface area contributed by atoms with Gasteiger partial charge in [-0.25, -0.2) is 9.37 Å². The lowest BCUT2D eigenvalue weighted by Crippen LogP contribution is -2.39. The number of benzene rings is 2. The van der Waals surface area contributed by atoms with Crippen LogP contribution in [0.4, 0.5) is 10.2 Å². The van der Waals surface area contributed by atoms with E-state index in [1.807, 2.05) is 24.3 Å². The smallest absolute Gasteiger partial charge is 0.146 e. The van der Waals surface area contributed by atoms with Crippen LogP contribution in [0.5, 0.6) is 5.75 Å². The Kier molecular flexibility index (Phi) is 5.23. The normalized spacial score (nSPS) is 17.3. The minimum atomic E-state index is -0.245. The van der Waals surface area contributed by atoms with E-state index in [-0.39, 0.29) is 12.4 Å². The monoisotopic (exact) mass is 364 g/mol. The van der Waals surface area contributed by atoms with Gasteiger partial charge >= 0.3 is 0 Å². The van der Waals surface area contributed by atoms with Gasteiger partial charge in [-0.1, -0.05) is 37.3 Å². The SMILES string of the molecule is CCC1CCCCN1c1ccc2cccc(OCc3ccccc3F)c2n1. The Labute approximate surface area is 159 Å². The molecule has 1 saturated heterocycles. The molecule has 1 unspecified atom stereocenters. The molecule has 4 heteroatoms. The van der Waals surface area contributed by atoms with Crippen LogP contribution in [-0.4, -0.2) is 17.6 Å². The molecule has 1 aromatic heterocycles. The zero-order valence-electron chi connectivity index (χ0n) is 15.7. The van der Waals surface area contributed by atoms with Crippen LogP contribution in [0.1, 0.15) is 38.2 Å². The predicted octanol–water partition coefficient (Wildman–Crippen LogP) is 5.72. The molecule has 0 bridgehead atoms. The highest BCUT2D eigenvalue weighted by molar-refractivity contribution is 5.86. The Morgan fingerprint density at radius 1 is 1.07 bits per heavy atom. The third-order valence-corrected chi connectivity index (χ3v) is 5.40. The first kappa shape index (κ1) is 17.8. The predicted molar refractivity (Wildman–Crippen MR) is 108 cm³/mol. The third-order valence-electron chi connectivity index (χ3n) is 5.40. The summed E-state index contributed by atoms with van der Waals surface area (Å²) in [7, 11) is 0. The molecule has 0 amide bonds. The van der Waals surface area contributed by atoms with Gasteiger partial charge in [0.1, 0.15) is 29.5 Å². The van der Waals surface area contributed by atoms with E-state index in [0.29, 0.717) is 17.4 Å². The third kappa shape index (κ3) is 3.75. The summed E-state index contributed by atoms with van der Waals surface area (Å²) in [5.41, 5.74) is 1.39. The van der Waals surface area contributed by atoms with Crippen LogP contribution in [0.25, 0.3) is 10.9 Å². The first-order valence-corrected chi connectivity index (χ1v) is 9.79. The topological polar surface area (TPSA) is 25.4 Å². The molecule has 3 nitrogen and oxygen atoms in total. The summed E-state index contributed by atoms with van der Waals surface area (Å²) in [6.45, 7) is 3.49. The maximum absolute atomic E-state index is 13.9. The second kappa shape index (κ2) is 7.95. The van der Waals surface area contributed by atoms with Crippen LogP contribution < -0.4 is 9.64 Å². The molecule has 2 heterocycles. The van der Waals surface area contributed by atoms with Gasteiger partial charge in [0.15, 0.2) is 0 Å². The molecular weight excluding hydrogens is 339 g/mol. The van der Waals surface area contributed by atoms with E-state index in [4.69, 9.17) is 9.72 Å². The van der Waals surface area contributed by atoms with Crippen LogP contribution in [0.2, 0.25) is 0 Å². The number of aromatic nitrogens is 1. The highest BCUT2D eigenvalue weighted by Gasteiger charge is 2.22. The van der Waals surface area contributed by atoms with Gasteiger partial charge in [0.05, 0.1) is 0 Å². The molecule has 0 spiro atoms. The fourth-order valence-electron chi connectivity index (χ4n) is 3.88. The number of anilines is 1. The van der Waals surface area contributed by atoms with Gasteiger partial charge in [0, 0.05) is 23.5 Å². The lowest BCUT2D eigenvalue weighted by Gasteiger charge is -2.36. The van der Waals surface area contributed by atoms with Crippen molar-refractivity contribution in [2.45, 2.75) is 45.3 Å². The van der Waals surface area contributed by atoms with Gasteiger partial charge < -0.3 is 9.64 Å². The summed E-state index contributed by atoms with van der Waals surface area (Å²) in [4.78, 5) is 7.37. The fourth-order valence-corrected chi connectivity index (χ4v) is 3.88. The van der Waals surface area contributed by atoms with Crippen molar-refractivity contribution < 1.29 is 9.13 Å². The van der Waals surface area contributed by atoms with Crippen LogP contribution in [0.15, 0.2) is 54.6 Å². The van der Waals surface area contributed by atoms with Crippen LogP contribution in [0, 0.1) is 5.82 Å². The second-order valence-corrected chi connectivity index (χ2v) is 7.13. The van der Waals surface area contributed by atoms with Crippen molar-refractivity contribution >= 4 is 16.7 Å².